The summed E-state index contributed by atoms with van der Waals surface area (Å²) >= 11 is 6.06. The fourth-order valence-electron chi connectivity index (χ4n) is 3.09. The molecule has 1 atom stereocenters. The van der Waals surface area contributed by atoms with E-state index < -0.39 is 10.0 Å². The Bertz CT molecular complexity index is 854. The highest BCUT2D eigenvalue weighted by Crippen LogP contribution is 2.33. The molecule has 2 aromatic carbocycles. The number of hydrogen-bond donors (Lipinski definition) is 2. The normalized spacial score (nSPS) is 17.0. The number of nitrogen functional groups attached to an aromatic ring is 1. The summed E-state index contributed by atoms with van der Waals surface area (Å²) in [7, 11) is -3.63. The maximum Gasteiger partial charge on any atom is 0.241 e. The molecule has 3 rings (SSSR count). The van der Waals surface area contributed by atoms with Crippen molar-refractivity contribution in [1.82, 2.24) is 4.72 Å². The number of benzene rings is 2. The van der Waals surface area contributed by atoms with Gasteiger partial charge in [0.25, 0.3) is 0 Å². The number of rotatable bonds is 3. The van der Waals surface area contributed by atoms with E-state index in [0.29, 0.717) is 16.3 Å². The first-order chi connectivity index (χ1) is 10.9. The van der Waals surface area contributed by atoms with Gasteiger partial charge in [-0.2, -0.15) is 0 Å². The summed E-state index contributed by atoms with van der Waals surface area (Å²) in [4.78, 5) is 0.229. The van der Waals surface area contributed by atoms with Crippen molar-refractivity contribution in [1.29, 1.82) is 0 Å². The largest absolute Gasteiger partial charge is 0.399 e. The van der Waals surface area contributed by atoms with Crippen LogP contribution in [0.25, 0.3) is 0 Å². The Balaban J connectivity index is 0.00000208. The maximum absolute atomic E-state index is 12.8. The zero-order chi connectivity index (χ0) is 16.6. The summed E-state index contributed by atoms with van der Waals surface area (Å²) < 4.78 is 28.3. The SMILES string of the molecule is Cc1c(Cl)cccc1S(=O)(=O)NC1CCCc2cc(N)ccc21.Cl. The minimum atomic E-state index is -3.63. The van der Waals surface area contributed by atoms with Gasteiger partial charge in [-0.3, -0.25) is 0 Å². The van der Waals surface area contributed by atoms with E-state index in [1.807, 2.05) is 18.2 Å². The van der Waals surface area contributed by atoms with Crippen molar-refractivity contribution in [3.05, 3.63) is 58.1 Å². The molecular weight excluding hydrogens is 367 g/mol. The summed E-state index contributed by atoms with van der Waals surface area (Å²) in [6.07, 6.45) is 2.63. The van der Waals surface area contributed by atoms with E-state index in [0.717, 1.165) is 30.4 Å². The van der Waals surface area contributed by atoms with Crippen molar-refractivity contribution in [2.45, 2.75) is 37.1 Å². The average Bonchev–Trinajstić information content (AvgIpc) is 2.49. The van der Waals surface area contributed by atoms with E-state index in [9.17, 15) is 8.42 Å². The number of nitrogens with two attached hydrogens (primary N) is 1. The molecular formula is C17H20Cl2N2O2S. The van der Waals surface area contributed by atoms with Crippen LogP contribution in [0.3, 0.4) is 0 Å². The third-order valence-corrected chi connectivity index (χ3v) is 6.31. The van der Waals surface area contributed by atoms with Gasteiger partial charge in [-0.25, -0.2) is 13.1 Å². The second-order valence-electron chi connectivity index (χ2n) is 5.89. The molecule has 0 amide bonds. The topological polar surface area (TPSA) is 72.2 Å². The molecule has 130 valence electrons. The van der Waals surface area contributed by atoms with Crippen LogP contribution in [-0.4, -0.2) is 8.42 Å². The van der Waals surface area contributed by atoms with E-state index in [1.165, 1.54) is 0 Å². The fraction of sp³-hybridized carbons (Fsp3) is 0.294. The van der Waals surface area contributed by atoms with Crippen LogP contribution in [0.1, 0.15) is 35.6 Å². The summed E-state index contributed by atoms with van der Waals surface area (Å²) in [6, 6.07) is 10.4. The van der Waals surface area contributed by atoms with Gasteiger partial charge >= 0.3 is 0 Å². The Kier molecular flexibility index (Phi) is 5.81. The van der Waals surface area contributed by atoms with Crippen LogP contribution in [0, 0.1) is 6.92 Å². The average molecular weight is 387 g/mol. The number of sulfonamides is 1. The predicted molar refractivity (Wildman–Crippen MR) is 100 cm³/mol. The van der Waals surface area contributed by atoms with E-state index >= 15 is 0 Å². The van der Waals surface area contributed by atoms with Gasteiger partial charge in [0.15, 0.2) is 0 Å². The minimum Gasteiger partial charge on any atom is -0.399 e. The Labute approximate surface area is 153 Å². The molecule has 0 saturated carbocycles. The molecule has 1 aliphatic carbocycles. The van der Waals surface area contributed by atoms with Gasteiger partial charge in [0.1, 0.15) is 0 Å². The maximum atomic E-state index is 12.8. The van der Waals surface area contributed by atoms with Gasteiger partial charge in [0.2, 0.25) is 10.0 Å². The lowest BCUT2D eigenvalue weighted by atomic mass is 9.88. The lowest BCUT2D eigenvalue weighted by molar-refractivity contribution is 0.507. The van der Waals surface area contributed by atoms with E-state index in [2.05, 4.69) is 4.72 Å². The predicted octanol–water partition coefficient (Wildman–Crippen LogP) is 4.01. The number of anilines is 1. The molecule has 0 fully saturated rings. The molecule has 0 aromatic heterocycles. The highest BCUT2D eigenvalue weighted by molar-refractivity contribution is 7.89. The molecule has 1 aliphatic rings. The van der Waals surface area contributed by atoms with E-state index in [4.69, 9.17) is 17.3 Å². The first-order valence-electron chi connectivity index (χ1n) is 7.54. The van der Waals surface area contributed by atoms with Crippen LogP contribution >= 0.6 is 24.0 Å². The molecule has 0 spiro atoms. The van der Waals surface area contributed by atoms with Gasteiger partial charge in [-0.05, 0) is 67.1 Å². The monoisotopic (exact) mass is 386 g/mol. The lowest BCUT2D eigenvalue weighted by Crippen LogP contribution is -2.31. The number of aryl methyl sites for hydroxylation is 1. The first-order valence-corrected chi connectivity index (χ1v) is 9.40. The molecule has 24 heavy (non-hydrogen) atoms. The molecule has 0 bridgehead atoms. The third-order valence-electron chi connectivity index (χ3n) is 4.29. The van der Waals surface area contributed by atoms with Gasteiger partial charge in [-0.15, -0.1) is 12.4 Å². The number of halogens is 2. The minimum absolute atomic E-state index is 0. The second kappa shape index (κ2) is 7.31. The van der Waals surface area contributed by atoms with Gasteiger partial charge in [0, 0.05) is 16.8 Å². The molecule has 0 radical (unpaired) electrons. The van der Waals surface area contributed by atoms with Crippen LogP contribution in [0.15, 0.2) is 41.3 Å². The Morgan fingerprint density at radius 2 is 2.00 bits per heavy atom. The molecule has 3 N–H and O–H groups in total. The Morgan fingerprint density at radius 1 is 1.25 bits per heavy atom. The molecule has 7 heteroatoms. The molecule has 4 nitrogen and oxygen atoms in total. The van der Waals surface area contributed by atoms with Crippen molar-refractivity contribution >= 4 is 39.7 Å². The van der Waals surface area contributed by atoms with E-state index in [1.54, 1.807) is 25.1 Å². The summed E-state index contributed by atoms with van der Waals surface area (Å²) in [6.45, 7) is 1.71. The van der Waals surface area contributed by atoms with Crippen molar-refractivity contribution in [2.24, 2.45) is 0 Å². The fourth-order valence-corrected chi connectivity index (χ4v) is 4.83. The molecule has 2 aromatic rings. The highest BCUT2D eigenvalue weighted by atomic mass is 35.5. The first kappa shape index (κ1) is 19.1. The lowest BCUT2D eigenvalue weighted by Gasteiger charge is -2.26. The second-order valence-corrected chi connectivity index (χ2v) is 7.98. The molecule has 1 unspecified atom stereocenters. The van der Waals surface area contributed by atoms with Gasteiger partial charge in [-0.1, -0.05) is 23.7 Å². The smallest absolute Gasteiger partial charge is 0.241 e. The van der Waals surface area contributed by atoms with Crippen LogP contribution < -0.4 is 10.5 Å². The zero-order valence-electron chi connectivity index (χ0n) is 13.3. The van der Waals surface area contributed by atoms with Crippen LogP contribution in [-0.2, 0) is 16.4 Å². The highest BCUT2D eigenvalue weighted by Gasteiger charge is 2.27. The van der Waals surface area contributed by atoms with Crippen molar-refractivity contribution in [3.8, 4) is 0 Å². The van der Waals surface area contributed by atoms with E-state index in [-0.39, 0.29) is 23.3 Å². The number of fused-ring (bicyclic) bond motifs is 1. The summed E-state index contributed by atoms with van der Waals surface area (Å²) in [5.41, 5.74) is 9.23. The number of hydrogen-bond acceptors (Lipinski definition) is 3. The Morgan fingerprint density at radius 3 is 2.75 bits per heavy atom. The van der Waals surface area contributed by atoms with Crippen LogP contribution in [0.2, 0.25) is 5.02 Å². The van der Waals surface area contributed by atoms with Crippen molar-refractivity contribution < 1.29 is 8.42 Å². The van der Waals surface area contributed by atoms with Gasteiger partial charge < -0.3 is 5.73 Å². The standard InChI is InChI=1S/C17H19ClN2O2S.ClH/c1-11-15(18)5-3-7-17(11)23(21,22)20-16-6-2-4-12-10-13(19)8-9-14(12)16;/h3,5,7-10,16,20H,2,4,6,19H2,1H3;1H. The third kappa shape index (κ3) is 3.70. The number of nitrogens with one attached hydrogen (secondary N) is 1. The molecule has 0 aliphatic heterocycles. The van der Waals surface area contributed by atoms with Gasteiger partial charge in [0.05, 0.1) is 4.90 Å². The quantitative estimate of drug-likeness (QED) is 0.782. The summed E-state index contributed by atoms with van der Waals surface area (Å²) in [5, 5.41) is 0.449. The summed E-state index contributed by atoms with van der Waals surface area (Å²) in [5.74, 6) is 0. The Hall–Kier alpha value is -1.27. The van der Waals surface area contributed by atoms with Crippen LogP contribution in [0.4, 0.5) is 5.69 Å². The zero-order valence-corrected chi connectivity index (χ0v) is 15.6. The van der Waals surface area contributed by atoms with Crippen molar-refractivity contribution in [2.75, 3.05) is 5.73 Å². The van der Waals surface area contributed by atoms with Crippen LogP contribution in [0.5, 0.6) is 0 Å². The molecule has 0 saturated heterocycles. The van der Waals surface area contributed by atoms with Crippen molar-refractivity contribution in [3.63, 3.8) is 0 Å². The molecule has 0 heterocycles.